The fourth-order valence-corrected chi connectivity index (χ4v) is 1.38. The van der Waals surface area contributed by atoms with Crippen molar-refractivity contribution < 1.29 is 9.90 Å². The second kappa shape index (κ2) is 3.29. The van der Waals surface area contributed by atoms with Crippen LogP contribution < -0.4 is 0 Å². The maximum Gasteiger partial charge on any atom is 0.306 e. The minimum atomic E-state index is -0.632. The zero-order valence-electron chi connectivity index (χ0n) is 8.87. The summed E-state index contributed by atoms with van der Waals surface area (Å²) in [5.74, 6) is -0.334. The maximum atomic E-state index is 10.6. The molecule has 2 atom stereocenters. The number of carboxylic acid groups (broad SMARTS) is 1. The highest BCUT2D eigenvalue weighted by Gasteiger charge is 2.44. The molecule has 0 radical (unpaired) electrons. The van der Waals surface area contributed by atoms with Crippen molar-refractivity contribution in [2.24, 2.45) is 11.8 Å². The van der Waals surface area contributed by atoms with Crippen LogP contribution in [-0.2, 0) is 4.79 Å². The molecule has 1 rings (SSSR count). The van der Waals surface area contributed by atoms with Gasteiger partial charge in [0.15, 0.2) is 0 Å². The van der Waals surface area contributed by atoms with E-state index in [-0.39, 0.29) is 11.5 Å². The third-order valence-electron chi connectivity index (χ3n) is 2.89. The standard InChI is InChI=1S/C10H19NO2/c1-10(2,3)11(4)6-7-5-8(7)9(12)13/h7-8H,5-6H2,1-4H3,(H,12,13). The van der Waals surface area contributed by atoms with Gasteiger partial charge in [0.05, 0.1) is 5.92 Å². The second-order valence-electron chi connectivity index (χ2n) is 4.99. The molecule has 0 aromatic rings. The van der Waals surface area contributed by atoms with Crippen LogP contribution in [0.5, 0.6) is 0 Å². The van der Waals surface area contributed by atoms with E-state index in [1.165, 1.54) is 0 Å². The molecule has 1 N–H and O–H groups in total. The minimum Gasteiger partial charge on any atom is -0.481 e. The van der Waals surface area contributed by atoms with Crippen LogP contribution in [0.1, 0.15) is 27.2 Å². The largest absolute Gasteiger partial charge is 0.481 e. The van der Waals surface area contributed by atoms with Gasteiger partial charge in [0.1, 0.15) is 0 Å². The highest BCUT2D eigenvalue weighted by atomic mass is 16.4. The van der Waals surface area contributed by atoms with E-state index in [2.05, 4.69) is 32.7 Å². The number of nitrogens with zero attached hydrogens (tertiary/aromatic N) is 1. The Hall–Kier alpha value is -0.570. The first-order valence-corrected chi connectivity index (χ1v) is 4.76. The summed E-state index contributed by atoms with van der Waals surface area (Å²) in [4.78, 5) is 12.8. The lowest BCUT2D eigenvalue weighted by Gasteiger charge is -2.31. The van der Waals surface area contributed by atoms with Crippen molar-refractivity contribution in [1.29, 1.82) is 0 Å². The van der Waals surface area contributed by atoms with Crippen molar-refractivity contribution in [2.75, 3.05) is 13.6 Å². The Morgan fingerprint density at radius 3 is 2.38 bits per heavy atom. The van der Waals surface area contributed by atoms with Crippen LogP contribution in [-0.4, -0.2) is 35.1 Å². The molecule has 0 aliphatic heterocycles. The quantitative estimate of drug-likeness (QED) is 0.723. The molecule has 0 aromatic carbocycles. The number of carboxylic acids is 1. The van der Waals surface area contributed by atoms with Gasteiger partial charge < -0.3 is 10.0 Å². The van der Waals surface area contributed by atoms with E-state index in [0.29, 0.717) is 5.92 Å². The van der Waals surface area contributed by atoms with E-state index < -0.39 is 5.97 Å². The molecular formula is C10H19NO2. The van der Waals surface area contributed by atoms with E-state index in [1.54, 1.807) is 0 Å². The number of carbonyl (C=O) groups is 1. The van der Waals surface area contributed by atoms with Gasteiger partial charge >= 0.3 is 5.97 Å². The van der Waals surface area contributed by atoms with Crippen LogP contribution >= 0.6 is 0 Å². The van der Waals surface area contributed by atoms with Gasteiger partial charge in [-0.2, -0.15) is 0 Å². The van der Waals surface area contributed by atoms with Crippen LogP contribution in [0.25, 0.3) is 0 Å². The number of hydrogen-bond donors (Lipinski definition) is 1. The van der Waals surface area contributed by atoms with Gasteiger partial charge in [0, 0.05) is 12.1 Å². The van der Waals surface area contributed by atoms with E-state index >= 15 is 0 Å². The predicted octanol–water partition coefficient (Wildman–Crippen LogP) is 1.44. The third kappa shape index (κ3) is 2.69. The predicted molar refractivity (Wildman–Crippen MR) is 51.6 cm³/mol. The maximum absolute atomic E-state index is 10.6. The van der Waals surface area contributed by atoms with Crippen molar-refractivity contribution in [3.63, 3.8) is 0 Å². The molecule has 13 heavy (non-hydrogen) atoms. The Kier molecular flexibility index (Phi) is 2.66. The molecule has 0 bridgehead atoms. The molecule has 1 aliphatic rings. The SMILES string of the molecule is CN(CC1CC1C(=O)O)C(C)(C)C. The van der Waals surface area contributed by atoms with Crippen molar-refractivity contribution >= 4 is 5.97 Å². The Morgan fingerprint density at radius 2 is 2.08 bits per heavy atom. The molecule has 2 unspecified atom stereocenters. The zero-order chi connectivity index (χ0) is 10.2. The van der Waals surface area contributed by atoms with Gasteiger partial charge in [-0.1, -0.05) is 0 Å². The molecule has 76 valence electrons. The fourth-order valence-electron chi connectivity index (χ4n) is 1.38. The van der Waals surface area contributed by atoms with Crippen LogP contribution in [0.3, 0.4) is 0 Å². The molecule has 0 aromatic heterocycles. The molecule has 1 saturated carbocycles. The van der Waals surface area contributed by atoms with Crippen LogP contribution in [0.2, 0.25) is 0 Å². The van der Waals surface area contributed by atoms with Gasteiger partial charge in [-0.15, -0.1) is 0 Å². The lowest BCUT2D eigenvalue weighted by Crippen LogP contribution is -2.39. The van der Waals surface area contributed by atoms with E-state index in [0.717, 1.165) is 13.0 Å². The second-order valence-corrected chi connectivity index (χ2v) is 4.99. The molecule has 0 amide bonds. The normalized spacial score (nSPS) is 27.8. The lowest BCUT2D eigenvalue weighted by molar-refractivity contribution is -0.138. The number of aliphatic carboxylic acids is 1. The van der Waals surface area contributed by atoms with Crippen LogP contribution in [0.4, 0.5) is 0 Å². The Morgan fingerprint density at radius 1 is 1.54 bits per heavy atom. The zero-order valence-corrected chi connectivity index (χ0v) is 8.87. The molecule has 1 fully saturated rings. The van der Waals surface area contributed by atoms with E-state index in [1.807, 2.05) is 0 Å². The number of hydrogen-bond acceptors (Lipinski definition) is 2. The van der Waals surface area contributed by atoms with E-state index in [4.69, 9.17) is 5.11 Å². The first-order valence-electron chi connectivity index (χ1n) is 4.76. The molecular weight excluding hydrogens is 166 g/mol. The highest BCUT2D eigenvalue weighted by Crippen LogP contribution is 2.39. The molecule has 3 nitrogen and oxygen atoms in total. The molecule has 3 heteroatoms. The molecule has 0 spiro atoms. The summed E-state index contributed by atoms with van der Waals surface area (Å²) in [6.45, 7) is 7.34. The van der Waals surface area contributed by atoms with E-state index in [9.17, 15) is 4.79 Å². The van der Waals surface area contributed by atoms with Crippen LogP contribution in [0, 0.1) is 11.8 Å². The first kappa shape index (κ1) is 10.5. The Bertz CT molecular complexity index is 207. The van der Waals surface area contributed by atoms with Crippen molar-refractivity contribution in [2.45, 2.75) is 32.7 Å². The highest BCUT2D eigenvalue weighted by molar-refractivity contribution is 5.73. The number of rotatable bonds is 3. The Balaban J connectivity index is 2.33. The minimum absolute atomic E-state index is 0.0789. The Labute approximate surface area is 79.7 Å². The lowest BCUT2D eigenvalue weighted by atomic mass is 10.1. The summed E-state index contributed by atoms with van der Waals surface area (Å²) < 4.78 is 0. The van der Waals surface area contributed by atoms with Gasteiger partial charge in [-0.3, -0.25) is 4.79 Å². The average molecular weight is 185 g/mol. The monoisotopic (exact) mass is 185 g/mol. The van der Waals surface area contributed by atoms with Gasteiger partial charge in [-0.05, 0) is 40.2 Å². The third-order valence-corrected chi connectivity index (χ3v) is 2.89. The van der Waals surface area contributed by atoms with Crippen molar-refractivity contribution in [3.8, 4) is 0 Å². The summed E-state index contributed by atoms with van der Waals surface area (Å²) >= 11 is 0. The smallest absolute Gasteiger partial charge is 0.306 e. The van der Waals surface area contributed by atoms with Gasteiger partial charge in [0.25, 0.3) is 0 Å². The molecule has 0 heterocycles. The summed E-state index contributed by atoms with van der Waals surface area (Å²) in [5.41, 5.74) is 0.144. The average Bonchev–Trinajstić information content (AvgIpc) is 2.64. The summed E-state index contributed by atoms with van der Waals surface area (Å²) in [5, 5.41) is 8.72. The molecule has 0 saturated heterocycles. The van der Waals surface area contributed by atoms with Gasteiger partial charge in [-0.25, -0.2) is 0 Å². The summed E-state index contributed by atoms with van der Waals surface area (Å²) in [7, 11) is 2.05. The fraction of sp³-hybridized carbons (Fsp3) is 0.900. The first-order chi connectivity index (χ1) is 5.82. The van der Waals surface area contributed by atoms with Gasteiger partial charge in [0.2, 0.25) is 0 Å². The summed E-state index contributed by atoms with van der Waals surface area (Å²) in [6, 6.07) is 0. The molecule has 1 aliphatic carbocycles. The van der Waals surface area contributed by atoms with Crippen molar-refractivity contribution in [1.82, 2.24) is 4.90 Å². The topological polar surface area (TPSA) is 40.5 Å². The van der Waals surface area contributed by atoms with Crippen molar-refractivity contribution in [3.05, 3.63) is 0 Å². The summed E-state index contributed by atoms with van der Waals surface area (Å²) in [6.07, 6.45) is 0.857. The van der Waals surface area contributed by atoms with Crippen LogP contribution in [0.15, 0.2) is 0 Å².